The van der Waals surface area contributed by atoms with Crippen molar-refractivity contribution in [3.05, 3.63) is 0 Å². The molecule has 0 radical (unpaired) electrons. The molecule has 1 aliphatic rings. The Morgan fingerprint density at radius 3 is 1.44 bits per heavy atom. The van der Waals surface area contributed by atoms with E-state index in [2.05, 4.69) is 27.3 Å². The molecule has 18 heavy (non-hydrogen) atoms. The number of aromatic nitrogens is 4. The zero-order chi connectivity index (χ0) is 10.8. The zero-order valence-electron chi connectivity index (χ0n) is 8.90. The normalized spacial score (nSPS) is 14.9. The van der Waals surface area contributed by atoms with E-state index in [1.807, 2.05) is 0 Å². The van der Waals surface area contributed by atoms with E-state index in [-0.39, 0.29) is 24.8 Å². The predicted molar refractivity (Wildman–Crippen MR) is 68.8 cm³/mol. The average Bonchev–Trinajstić information content (AvgIpc) is 3.03. The molecule has 0 bridgehead atoms. The molecule has 0 atom stereocenters. The smallest absolute Gasteiger partial charge is 0.464 e. The Hall–Kier alpha value is -0.000000000000000111. The lowest BCUT2D eigenvalue weighted by Gasteiger charge is -2.31. The van der Waals surface area contributed by atoms with Crippen LogP contribution in [0.1, 0.15) is 0 Å². The summed E-state index contributed by atoms with van der Waals surface area (Å²) in [5, 5.41) is 0. The van der Waals surface area contributed by atoms with E-state index in [1.165, 1.54) is 42.1 Å². The third-order valence-corrected chi connectivity index (χ3v) is 4.77. The third-order valence-electron chi connectivity index (χ3n) is 2.39. The van der Waals surface area contributed by atoms with E-state index < -0.39 is 0 Å². The average molecular weight is 363 g/mol. The summed E-state index contributed by atoms with van der Waals surface area (Å²) in [5.74, 6) is 1.73. The number of anilines is 2. The Bertz CT molecular complexity index is 389. The van der Waals surface area contributed by atoms with Gasteiger partial charge in [0, 0.05) is 26.2 Å². The number of hydrogen-bond donors (Lipinski definition) is 0. The van der Waals surface area contributed by atoms with E-state index in [0.717, 1.165) is 38.1 Å². The first-order chi connectivity index (χ1) is 7.93. The largest absolute Gasteiger partial charge is 1.00 e. The Balaban J connectivity index is 0.000000810. The lowest BCUT2D eigenvalue weighted by molar-refractivity contribution is -0.001000. The maximum Gasteiger partial charge on any atom is 0.464 e. The standard InChI is InChI=1S/C6H8N6S4.2ClH/c1-2-12(6-9-15-16-10-6)4-3-11(1)5-7-13-14-8-5;;/h1-4H2;2*1H/q+2;;/p-2. The molecule has 0 saturated carbocycles. The van der Waals surface area contributed by atoms with Crippen molar-refractivity contribution in [3.8, 4) is 0 Å². The van der Waals surface area contributed by atoms with Crippen LogP contribution >= 0.6 is 42.1 Å². The van der Waals surface area contributed by atoms with Crippen LogP contribution < -0.4 is 34.6 Å². The van der Waals surface area contributed by atoms with Gasteiger partial charge in [0.25, 0.3) is 0 Å². The summed E-state index contributed by atoms with van der Waals surface area (Å²) in [6.07, 6.45) is 0. The molecule has 0 N–H and O–H groups in total. The molecule has 2 aromatic heterocycles. The van der Waals surface area contributed by atoms with Gasteiger partial charge in [0.1, 0.15) is 0 Å². The first-order valence-corrected chi connectivity index (χ1v) is 8.80. The van der Waals surface area contributed by atoms with Crippen molar-refractivity contribution >= 4 is 54.0 Å². The van der Waals surface area contributed by atoms with E-state index in [9.17, 15) is 0 Å². The molecule has 1 aliphatic heterocycles. The monoisotopic (exact) mass is 362 g/mol. The van der Waals surface area contributed by atoms with Crippen molar-refractivity contribution in [2.24, 2.45) is 0 Å². The van der Waals surface area contributed by atoms with Crippen LogP contribution in [0.25, 0.3) is 0 Å². The van der Waals surface area contributed by atoms with Crippen LogP contribution in [0.2, 0.25) is 0 Å². The van der Waals surface area contributed by atoms with Gasteiger partial charge in [-0.25, -0.2) is 0 Å². The third kappa shape index (κ3) is 3.52. The second kappa shape index (κ2) is 7.56. The van der Waals surface area contributed by atoms with Crippen molar-refractivity contribution < 1.29 is 24.8 Å². The molecule has 0 unspecified atom stereocenters. The molecule has 0 aliphatic carbocycles. The summed E-state index contributed by atoms with van der Waals surface area (Å²) in [6.45, 7) is 3.75. The van der Waals surface area contributed by atoms with Crippen LogP contribution in [0.15, 0.2) is 0 Å². The highest BCUT2D eigenvalue weighted by atomic mass is 35.5. The molecule has 12 heteroatoms. The van der Waals surface area contributed by atoms with Crippen LogP contribution in [0.3, 0.4) is 0 Å². The van der Waals surface area contributed by atoms with Crippen LogP contribution in [-0.2, 0) is 0 Å². The molecule has 3 rings (SSSR count). The minimum atomic E-state index is 0. The van der Waals surface area contributed by atoms with E-state index in [4.69, 9.17) is 0 Å². The molecule has 1 saturated heterocycles. The summed E-state index contributed by atoms with van der Waals surface area (Å²) in [6, 6.07) is 0. The van der Waals surface area contributed by atoms with E-state index in [0.29, 0.717) is 0 Å². The number of halogens is 2. The molecule has 0 aromatic carbocycles. The Morgan fingerprint density at radius 2 is 1.17 bits per heavy atom. The molecule has 0 spiro atoms. The van der Waals surface area contributed by atoms with E-state index in [1.54, 1.807) is 0 Å². The minimum Gasteiger partial charge on any atom is -1.00 e. The molecule has 0 amide bonds. The first kappa shape index (κ1) is 16.1. The summed E-state index contributed by atoms with van der Waals surface area (Å²) >= 11 is 0. The molecule has 3 heterocycles. The lowest BCUT2D eigenvalue weighted by atomic mass is 10.3. The van der Waals surface area contributed by atoms with Crippen molar-refractivity contribution in [3.63, 3.8) is 0 Å². The van der Waals surface area contributed by atoms with Gasteiger partial charge in [0.15, 0.2) is 0 Å². The molecule has 1 fully saturated rings. The van der Waals surface area contributed by atoms with Gasteiger partial charge in [-0.15, -0.1) is 0 Å². The van der Waals surface area contributed by atoms with Crippen LogP contribution in [-0.4, -0.2) is 43.7 Å². The van der Waals surface area contributed by atoms with Crippen molar-refractivity contribution in [2.75, 3.05) is 36.0 Å². The Labute approximate surface area is 132 Å². The highest BCUT2D eigenvalue weighted by Gasteiger charge is 2.25. The fraction of sp³-hybridized carbons (Fsp3) is 0.667. The lowest BCUT2D eigenvalue weighted by Crippen LogP contribution is -3.00. The van der Waals surface area contributed by atoms with Gasteiger partial charge in [0.05, 0.1) is 8.75 Å². The van der Waals surface area contributed by atoms with Gasteiger partial charge in [-0.3, -0.25) is 0 Å². The highest BCUT2D eigenvalue weighted by Crippen LogP contribution is 2.18. The second-order valence-electron chi connectivity index (χ2n) is 3.24. The summed E-state index contributed by atoms with van der Waals surface area (Å²) in [7, 11) is 5.74. The highest BCUT2D eigenvalue weighted by molar-refractivity contribution is 7.64. The molecule has 2 aromatic rings. The second-order valence-corrected chi connectivity index (χ2v) is 6.35. The number of nitrogens with zero attached hydrogens (tertiary/aromatic N) is 6. The van der Waals surface area contributed by atoms with Gasteiger partial charge in [-0.1, -0.05) is 8.75 Å². The Morgan fingerprint density at radius 1 is 0.778 bits per heavy atom. The SMILES string of the molecule is C1CN(c2ns[s+]n2)CCN1c1ns[s+]n1.[Cl-].[Cl-]. The fourth-order valence-corrected chi connectivity index (χ4v) is 3.90. The molecule has 100 valence electrons. The predicted octanol–water partition coefficient (Wildman–Crippen LogP) is -4.59. The summed E-state index contributed by atoms with van der Waals surface area (Å²) in [5.41, 5.74) is 0. The first-order valence-electron chi connectivity index (χ1n) is 4.67. The molecular formula is C6H8Cl2N6S4. The van der Waals surface area contributed by atoms with Gasteiger partial charge in [0.2, 0.25) is 0 Å². The fourth-order valence-electron chi connectivity index (χ4n) is 1.57. The quantitative estimate of drug-likeness (QED) is 0.396. The maximum absolute atomic E-state index is 4.26. The van der Waals surface area contributed by atoms with Crippen LogP contribution in [0, 0.1) is 0 Å². The Kier molecular flexibility index (Phi) is 6.74. The maximum atomic E-state index is 4.26. The molecular weight excluding hydrogens is 355 g/mol. The zero-order valence-corrected chi connectivity index (χ0v) is 13.7. The minimum absolute atomic E-state index is 0. The van der Waals surface area contributed by atoms with Crippen LogP contribution in [0.5, 0.6) is 0 Å². The van der Waals surface area contributed by atoms with Crippen molar-refractivity contribution in [1.29, 1.82) is 0 Å². The van der Waals surface area contributed by atoms with Gasteiger partial charge in [-0.2, -0.15) is 0 Å². The van der Waals surface area contributed by atoms with Gasteiger partial charge in [-0.05, 0) is 0 Å². The van der Waals surface area contributed by atoms with E-state index >= 15 is 0 Å². The van der Waals surface area contributed by atoms with Crippen molar-refractivity contribution in [2.45, 2.75) is 0 Å². The number of hydrogen-bond acceptors (Lipinski definition) is 8. The van der Waals surface area contributed by atoms with Crippen LogP contribution in [0.4, 0.5) is 11.9 Å². The van der Waals surface area contributed by atoms with Gasteiger partial charge >= 0.3 is 54.0 Å². The van der Waals surface area contributed by atoms with Gasteiger partial charge < -0.3 is 34.6 Å². The number of piperazine rings is 1. The number of rotatable bonds is 2. The molecule has 6 nitrogen and oxygen atoms in total. The summed E-state index contributed by atoms with van der Waals surface area (Å²) < 4.78 is 17.0. The topological polar surface area (TPSA) is 58.0 Å². The summed E-state index contributed by atoms with van der Waals surface area (Å²) in [4.78, 5) is 4.42. The van der Waals surface area contributed by atoms with Crippen molar-refractivity contribution in [1.82, 2.24) is 17.5 Å².